The van der Waals surface area contributed by atoms with Crippen molar-refractivity contribution in [3.63, 3.8) is 0 Å². The van der Waals surface area contributed by atoms with Crippen molar-refractivity contribution in [1.29, 1.82) is 0 Å². The number of pyridine rings is 1. The van der Waals surface area contributed by atoms with Crippen LogP contribution in [0.15, 0.2) is 53.7 Å². The van der Waals surface area contributed by atoms with Gasteiger partial charge in [-0.15, -0.1) is 11.3 Å². The van der Waals surface area contributed by atoms with Gasteiger partial charge in [0.25, 0.3) is 0 Å². The summed E-state index contributed by atoms with van der Waals surface area (Å²) in [7, 11) is 0. The van der Waals surface area contributed by atoms with E-state index in [9.17, 15) is 9.59 Å². The predicted molar refractivity (Wildman–Crippen MR) is 133 cm³/mol. The summed E-state index contributed by atoms with van der Waals surface area (Å²) in [5, 5.41) is 5.27. The molecule has 1 saturated carbocycles. The highest BCUT2D eigenvalue weighted by molar-refractivity contribution is 7.10. The Morgan fingerprint density at radius 3 is 2.70 bits per heavy atom. The summed E-state index contributed by atoms with van der Waals surface area (Å²) in [6.07, 6.45) is 17.2. The van der Waals surface area contributed by atoms with Crippen LogP contribution in [0.25, 0.3) is 0 Å². The standard InChI is InChI=1S/C27H35N3O2S/c31-25(19-24-14-8-18-33-24)30(17-15-21-9-3-1-4-10-21)26(22-11-7-16-28-20-22)27(32)29-23-12-5-2-6-13-23/h7-9,11,14,16,18,20,23,26H,1-6,10,12-13,15,17,19H2,(H,29,32). The number of carbonyl (C=O) groups is 2. The van der Waals surface area contributed by atoms with Gasteiger partial charge in [0.2, 0.25) is 11.8 Å². The fourth-order valence-electron chi connectivity index (χ4n) is 4.99. The molecule has 0 spiro atoms. The molecular weight excluding hydrogens is 430 g/mol. The van der Waals surface area contributed by atoms with Gasteiger partial charge in [-0.25, -0.2) is 0 Å². The Morgan fingerprint density at radius 1 is 1.12 bits per heavy atom. The van der Waals surface area contributed by atoms with Gasteiger partial charge in [0.05, 0.1) is 6.42 Å². The molecule has 0 radical (unpaired) electrons. The number of amides is 2. The first-order valence-electron chi connectivity index (χ1n) is 12.4. The molecule has 6 heteroatoms. The fraction of sp³-hybridized carbons (Fsp3) is 0.519. The number of hydrogen-bond acceptors (Lipinski definition) is 4. The summed E-state index contributed by atoms with van der Waals surface area (Å²) in [4.78, 5) is 34.4. The van der Waals surface area contributed by atoms with Crippen LogP contribution >= 0.6 is 11.3 Å². The zero-order valence-electron chi connectivity index (χ0n) is 19.4. The normalized spacial score (nSPS) is 17.8. The molecule has 1 unspecified atom stereocenters. The topological polar surface area (TPSA) is 62.3 Å². The van der Waals surface area contributed by atoms with E-state index in [4.69, 9.17) is 0 Å². The lowest BCUT2D eigenvalue weighted by molar-refractivity contribution is -0.140. The maximum atomic E-state index is 13.7. The van der Waals surface area contributed by atoms with Crippen molar-refractivity contribution >= 4 is 23.2 Å². The van der Waals surface area contributed by atoms with Crippen LogP contribution in [0, 0.1) is 0 Å². The monoisotopic (exact) mass is 465 g/mol. The molecule has 2 heterocycles. The highest BCUT2D eigenvalue weighted by atomic mass is 32.1. The fourth-order valence-corrected chi connectivity index (χ4v) is 5.69. The van der Waals surface area contributed by atoms with Gasteiger partial charge in [-0.3, -0.25) is 14.6 Å². The van der Waals surface area contributed by atoms with E-state index in [1.807, 2.05) is 34.5 Å². The van der Waals surface area contributed by atoms with Crippen LogP contribution in [0.1, 0.15) is 80.7 Å². The minimum absolute atomic E-state index is 0.00140. The zero-order chi connectivity index (χ0) is 22.9. The highest BCUT2D eigenvalue weighted by Crippen LogP contribution is 2.27. The van der Waals surface area contributed by atoms with Gasteiger partial charge in [-0.1, -0.05) is 43.0 Å². The number of allylic oxidation sites excluding steroid dienone is 1. The second kappa shape index (κ2) is 12.1. The quantitative estimate of drug-likeness (QED) is 0.491. The molecule has 4 rings (SSSR count). The molecule has 2 aromatic heterocycles. The van der Waals surface area contributed by atoms with Gasteiger partial charge in [-0.2, -0.15) is 0 Å². The van der Waals surface area contributed by atoms with Gasteiger partial charge >= 0.3 is 0 Å². The lowest BCUT2D eigenvalue weighted by atomic mass is 9.94. The second-order valence-corrected chi connectivity index (χ2v) is 10.3. The van der Waals surface area contributed by atoms with E-state index in [-0.39, 0.29) is 17.9 Å². The minimum atomic E-state index is -0.655. The number of nitrogens with one attached hydrogen (secondary N) is 1. The van der Waals surface area contributed by atoms with Crippen molar-refractivity contribution in [3.8, 4) is 0 Å². The van der Waals surface area contributed by atoms with E-state index in [0.29, 0.717) is 13.0 Å². The van der Waals surface area contributed by atoms with Gasteiger partial charge in [-0.05, 0) is 62.5 Å². The highest BCUT2D eigenvalue weighted by Gasteiger charge is 2.33. The number of carbonyl (C=O) groups excluding carboxylic acids is 2. The molecule has 0 aromatic carbocycles. The van der Waals surface area contributed by atoms with Gasteiger partial charge in [0.1, 0.15) is 6.04 Å². The molecule has 2 aliphatic rings. The first-order valence-corrected chi connectivity index (χ1v) is 13.3. The minimum Gasteiger partial charge on any atom is -0.351 e. The van der Waals surface area contributed by atoms with Crippen molar-refractivity contribution in [3.05, 3.63) is 64.1 Å². The van der Waals surface area contributed by atoms with Crippen molar-refractivity contribution < 1.29 is 9.59 Å². The molecule has 0 aliphatic heterocycles. The number of nitrogens with zero attached hydrogens (tertiary/aromatic N) is 2. The summed E-state index contributed by atoms with van der Waals surface area (Å²) in [6, 6.07) is 7.27. The lowest BCUT2D eigenvalue weighted by Gasteiger charge is -2.33. The number of aromatic nitrogens is 1. The van der Waals surface area contributed by atoms with E-state index in [0.717, 1.165) is 55.4 Å². The number of rotatable bonds is 9. The summed E-state index contributed by atoms with van der Waals surface area (Å²) in [6.45, 7) is 0.549. The molecule has 0 bridgehead atoms. The largest absolute Gasteiger partial charge is 0.351 e. The number of thiophene rings is 1. The van der Waals surface area contributed by atoms with Crippen molar-refractivity contribution in [2.45, 2.75) is 82.7 Å². The van der Waals surface area contributed by atoms with E-state index in [2.05, 4.69) is 16.4 Å². The molecule has 33 heavy (non-hydrogen) atoms. The van der Waals surface area contributed by atoms with Crippen LogP contribution < -0.4 is 5.32 Å². The molecular formula is C27H35N3O2S. The third kappa shape index (κ3) is 6.76. The molecule has 1 atom stereocenters. The summed E-state index contributed by atoms with van der Waals surface area (Å²) < 4.78 is 0. The van der Waals surface area contributed by atoms with Gasteiger partial charge in [0, 0.05) is 35.4 Å². The maximum Gasteiger partial charge on any atom is 0.247 e. The Bertz CT molecular complexity index is 920. The summed E-state index contributed by atoms with van der Waals surface area (Å²) in [5.41, 5.74) is 2.19. The lowest BCUT2D eigenvalue weighted by Crippen LogP contribution is -2.47. The smallest absolute Gasteiger partial charge is 0.247 e. The molecule has 2 aliphatic carbocycles. The van der Waals surface area contributed by atoms with Crippen LogP contribution in [0.3, 0.4) is 0 Å². The second-order valence-electron chi connectivity index (χ2n) is 9.23. The molecule has 2 amide bonds. The molecule has 1 fully saturated rings. The molecule has 1 N–H and O–H groups in total. The predicted octanol–water partition coefficient (Wildman–Crippen LogP) is 5.59. The van der Waals surface area contributed by atoms with Gasteiger partial charge < -0.3 is 10.2 Å². The van der Waals surface area contributed by atoms with Crippen LogP contribution in [0.2, 0.25) is 0 Å². The molecule has 0 saturated heterocycles. The van der Waals surface area contributed by atoms with E-state index >= 15 is 0 Å². The molecule has 176 valence electrons. The SMILES string of the molecule is O=C(NC1CCCCC1)C(c1cccnc1)N(CCC1=CCCCC1)C(=O)Cc1cccs1. The van der Waals surface area contributed by atoms with Crippen molar-refractivity contribution in [2.75, 3.05) is 6.54 Å². The van der Waals surface area contributed by atoms with Crippen molar-refractivity contribution in [2.24, 2.45) is 0 Å². The van der Waals surface area contributed by atoms with E-state index in [1.54, 1.807) is 23.7 Å². The van der Waals surface area contributed by atoms with Gasteiger partial charge in [0.15, 0.2) is 0 Å². The summed E-state index contributed by atoms with van der Waals surface area (Å²) >= 11 is 1.59. The third-order valence-corrected chi connectivity index (χ3v) is 7.67. The van der Waals surface area contributed by atoms with Crippen LogP contribution in [-0.2, 0) is 16.0 Å². The Balaban J connectivity index is 1.59. The first-order chi connectivity index (χ1) is 16.2. The first kappa shape index (κ1) is 23.7. The molecule has 2 aromatic rings. The zero-order valence-corrected chi connectivity index (χ0v) is 20.2. The maximum absolute atomic E-state index is 13.7. The van der Waals surface area contributed by atoms with E-state index in [1.165, 1.54) is 24.8 Å². The Kier molecular flexibility index (Phi) is 8.70. The van der Waals surface area contributed by atoms with Crippen molar-refractivity contribution in [1.82, 2.24) is 15.2 Å². The Labute approximate surface area is 201 Å². The van der Waals surface area contributed by atoms with Crippen LogP contribution in [0.5, 0.6) is 0 Å². The molecule has 5 nitrogen and oxygen atoms in total. The summed E-state index contributed by atoms with van der Waals surface area (Å²) in [5.74, 6) is -0.0754. The van der Waals surface area contributed by atoms with Crippen LogP contribution in [0.4, 0.5) is 0 Å². The Hall–Kier alpha value is -2.47. The number of hydrogen-bond donors (Lipinski definition) is 1. The van der Waals surface area contributed by atoms with Crippen LogP contribution in [-0.4, -0.2) is 34.3 Å². The third-order valence-electron chi connectivity index (χ3n) is 6.80. The Morgan fingerprint density at radius 2 is 2.00 bits per heavy atom. The average molecular weight is 466 g/mol. The van der Waals surface area contributed by atoms with E-state index < -0.39 is 6.04 Å². The average Bonchev–Trinajstić information content (AvgIpc) is 3.36.